The van der Waals surface area contributed by atoms with Gasteiger partial charge in [0.1, 0.15) is 0 Å². The van der Waals surface area contributed by atoms with Crippen LogP contribution in [-0.4, -0.2) is 42.5 Å². The van der Waals surface area contributed by atoms with Crippen LogP contribution in [0.3, 0.4) is 0 Å². The molecule has 0 aliphatic heterocycles. The van der Waals surface area contributed by atoms with Gasteiger partial charge in [-0.2, -0.15) is 4.72 Å². The number of hydrogen-bond donors (Lipinski definition) is 3. The van der Waals surface area contributed by atoms with Crippen molar-refractivity contribution in [3.8, 4) is 0 Å². The van der Waals surface area contributed by atoms with Gasteiger partial charge in [0.05, 0.1) is 11.6 Å². The lowest BCUT2D eigenvalue weighted by Gasteiger charge is -2.15. The summed E-state index contributed by atoms with van der Waals surface area (Å²) in [5.41, 5.74) is 0.565. The molecule has 1 heterocycles. The van der Waals surface area contributed by atoms with Crippen molar-refractivity contribution in [2.24, 2.45) is 0 Å². The van der Waals surface area contributed by atoms with Crippen LogP contribution in [0.5, 0.6) is 0 Å². The molecule has 1 amide bonds. The summed E-state index contributed by atoms with van der Waals surface area (Å²) in [6.45, 7) is 4.85. The van der Waals surface area contributed by atoms with Crippen molar-refractivity contribution in [1.82, 2.24) is 15.0 Å². The summed E-state index contributed by atoms with van der Waals surface area (Å²) in [4.78, 5) is 26.0. The molecule has 0 radical (unpaired) electrons. The van der Waals surface area contributed by atoms with Crippen LogP contribution in [0.1, 0.15) is 31.3 Å². The highest BCUT2D eigenvalue weighted by atomic mass is 32.2. The maximum Gasteiger partial charge on any atom is 0.356 e. The molecule has 0 aliphatic rings. The molecule has 0 fully saturated rings. The Kier molecular flexibility index (Phi) is 5.20. The molecule has 1 atom stereocenters. The third kappa shape index (κ3) is 3.99. The number of thiazole rings is 1. The van der Waals surface area contributed by atoms with E-state index < -0.39 is 37.8 Å². The van der Waals surface area contributed by atoms with E-state index in [0.29, 0.717) is 11.3 Å². The summed E-state index contributed by atoms with van der Waals surface area (Å²) in [6.07, 6.45) is 0. The minimum Gasteiger partial charge on any atom is -0.476 e. The number of nitrogens with zero attached hydrogens (tertiary/aromatic N) is 1. The molecule has 10 heteroatoms. The number of hydrogen-bond acceptors (Lipinski definition) is 6. The quantitative estimate of drug-likeness (QED) is 0.679. The number of aromatic carboxylic acids is 1. The molecule has 0 aliphatic carbocycles. The van der Waals surface area contributed by atoms with E-state index in [0.717, 1.165) is 5.51 Å². The number of rotatable bonds is 6. The highest BCUT2D eigenvalue weighted by Crippen LogP contribution is 2.20. The second-order valence-corrected chi connectivity index (χ2v) is 7.06. The Morgan fingerprint density at radius 1 is 1.35 bits per heavy atom. The minimum absolute atomic E-state index is 0.132. The van der Waals surface area contributed by atoms with Crippen molar-refractivity contribution < 1.29 is 23.1 Å². The van der Waals surface area contributed by atoms with Gasteiger partial charge in [0.25, 0.3) is 10.0 Å². The largest absolute Gasteiger partial charge is 0.476 e. The Bertz CT molecular complexity index is 608. The smallest absolute Gasteiger partial charge is 0.356 e. The van der Waals surface area contributed by atoms with Crippen LogP contribution in [-0.2, 0) is 14.8 Å². The fourth-order valence-electron chi connectivity index (χ4n) is 1.32. The van der Waals surface area contributed by atoms with Crippen LogP contribution in [0.4, 0.5) is 0 Å². The predicted molar refractivity (Wildman–Crippen MR) is 72.1 cm³/mol. The summed E-state index contributed by atoms with van der Waals surface area (Å²) in [7, 11) is -4.11. The molecule has 0 spiro atoms. The molecular weight excluding hydrogens is 306 g/mol. The number of carboxylic acids is 1. The topological polar surface area (TPSA) is 125 Å². The first-order valence-electron chi connectivity index (χ1n) is 5.64. The highest BCUT2D eigenvalue weighted by molar-refractivity contribution is 7.91. The van der Waals surface area contributed by atoms with E-state index in [1.165, 1.54) is 6.92 Å². The van der Waals surface area contributed by atoms with Gasteiger partial charge in [-0.25, -0.2) is 18.2 Å². The summed E-state index contributed by atoms with van der Waals surface area (Å²) in [5.74, 6) is -1.93. The summed E-state index contributed by atoms with van der Waals surface area (Å²) >= 11 is 0.678. The highest BCUT2D eigenvalue weighted by Gasteiger charge is 2.29. The van der Waals surface area contributed by atoms with Gasteiger partial charge < -0.3 is 10.4 Å². The number of sulfonamides is 1. The standard InChI is InChI=1S/C10H15N3O5S2/c1-5(2)12-8(14)6(3)13-20(17,18)10-7(9(15)16)11-4-19-10/h4-6,13H,1-3H3,(H,12,14)(H,15,16). The van der Waals surface area contributed by atoms with Crippen molar-refractivity contribution >= 4 is 33.2 Å². The first kappa shape index (κ1) is 16.5. The number of amides is 1. The van der Waals surface area contributed by atoms with E-state index in [4.69, 9.17) is 5.11 Å². The normalized spacial score (nSPS) is 13.2. The molecule has 20 heavy (non-hydrogen) atoms. The van der Waals surface area contributed by atoms with E-state index in [-0.39, 0.29) is 6.04 Å². The van der Waals surface area contributed by atoms with Crippen LogP contribution < -0.4 is 10.0 Å². The fourth-order valence-corrected chi connectivity index (χ4v) is 3.68. The molecular formula is C10H15N3O5S2. The second-order valence-electron chi connectivity index (χ2n) is 4.30. The van der Waals surface area contributed by atoms with Crippen LogP contribution >= 0.6 is 11.3 Å². The molecule has 0 saturated carbocycles. The third-order valence-corrected chi connectivity index (χ3v) is 5.05. The van der Waals surface area contributed by atoms with Crippen molar-refractivity contribution in [1.29, 1.82) is 0 Å². The molecule has 3 N–H and O–H groups in total. The Morgan fingerprint density at radius 2 is 1.95 bits per heavy atom. The molecule has 112 valence electrons. The third-order valence-electron chi connectivity index (χ3n) is 2.14. The zero-order chi connectivity index (χ0) is 15.5. The Labute approximate surface area is 120 Å². The van der Waals surface area contributed by atoms with Gasteiger partial charge in [0.2, 0.25) is 5.91 Å². The van der Waals surface area contributed by atoms with Crippen LogP contribution in [0.25, 0.3) is 0 Å². The zero-order valence-electron chi connectivity index (χ0n) is 11.1. The Balaban J connectivity index is 2.93. The number of carbonyl (C=O) groups is 2. The van der Waals surface area contributed by atoms with Gasteiger partial charge in [0, 0.05) is 6.04 Å². The monoisotopic (exact) mass is 321 g/mol. The van der Waals surface area contributed by atoms with Crippen molar-refractivity contribution in [3.63, 3.8) is 0 Å². The van der Waals surface area contributed by atoms with E-state index in [2.05, 4.69) is 15.0 Å². The maximum atomic E-state index is 12.0. The van der Waals surface area contributed by atoms with Crippen LogP contribution in [0, 0.1) is 0 Å². The summed E-state index contributed by atoms with van der Waals surface area (Å²) in [5, 5.41) is 11.4. The SMILES string of the molecule is CC(C)NC(=O)C(C)NS(=O)(=O)c1scnc1C(=O)O. The zero-order valence-corrected chi connectivity index (χ0v) is 12.7. The van der Waals surface area contributed by atoms with Crippen LogP contribution in [0.2, 0.25) is 0 Å². The molecule has 0 aromatic carbocycles. The van der Waals surface area contributed by atoms with Gasteiger partial charge in [-0.15, -0.1) is 11.3 Å². The number of carbonyl (C=O) groups excluding carboxylic acids is 1. The van der Waals surface area contributed by atoms with Crippen molar-refractivity contribution in [2.75, 3.05) is 0 Å². The molecule has 1 aromatic rings. The van der Waals surface area contributed by atoms with Gasteiger partial charge in [-0.05, 0) is 20.8 Å². The van der Waals surface area contributed by atoms with Crippen molar-refractivity contribution in [2.45, 2.75) is 37.1 Å². The van der Waals surface area contributed by atoms with E-state index >= 15 is 0 Å². The lowest BCUT2D eigenvalue weighted by molar-refractivity contribution is -0.122. The molecule has 0 bridgehead atoms. The number of carboxylic acid groups (broad SMARTS) is 1. The molecule has 1 rings (SSSR count). The van der Waals surface area contributed by atoms with Crippen molar-refractivity contribution in [3.05, 3.63) is 11.2 Å². The van der Waals surface area contributed by atoms with E-state index in [9.17, 15) is 18.0 Å². The number of aromatic nitrogens is 1. The fraction of sp³-hybridized carbons (Fsp3) is 0.500. The molecule has 8 nitrogen and oxygen atoms in total. The minimum atomic E-state index is -4.11. The average Bonchev–Trinajstić information content (AvgIpc) is 2.76. The van der Waals surface area contributed by atoms with Gasteiger partial charge >= 0.3 is 5.97 Å². The number of nitrogens with one attached hydrogen (secondary N) is 2. The first-order valence-corrected chi connectivity index (χ1v) is 8.01. The molecule has 1 aromatic heterocycles. The lowest BCUT2D eigenvalue weighted by Crippen LogP contribution is -2.46. The van der Waals surface area contributed by atoms with Gasteiger partial charge in [-0.1, -0.05) is 0 Å². The summed E-state index contributed by atoms with van der Waals surface area (Å²) in [6, 6.07) is -1.15. The van der Waals surface area contributed by atoms with E-state index in [1.807, 2.05) is 0 Å². The lowest BCUT2D eigenvalue weighted by atomic mass is 10.3. The maximum absolute atomic E-state index is 12.0. The summed E-state index contributed by atoms with van der Waals surface area (Å²) < 4.78 is 25.8. The predicted octanol–water partition coefficient (Wildman–Crippen LogP) is 0.0327. The Morgan fingerprint density at radius 3 is 2.45 bits per heavy atom. The molecule has 1 unspecified atom stereocenters. The first-order chi connectivity index (χ1) is 9.15. The van der Waals surface area contributed by atoms with E-state index in [1.54, 1.807) is 13.8 Å². The van der Waals surface area contributed by atoms with Gasteiger partial charge in [-0.3, -0.25) is 4.79 Å². The van der Waals surface area contributed by atoms with Crippen LogP contribution in [0.15, 0.2) is 9.72 Å². The Hall–Kier alpha value is -1.52. The second kappa shape index (κ2) is 6.29. The average molecular weight is 321 g/mol. The van der Waals surface area contributed by atoms with Gasteiger partial charge in [0.15, 0.2) is 9.90 Å². The molecule has 0 saturated heterocycles.